The second kappa shape index (κ2) is 6.96. The molecule has 3 heterocycles. The molecule has 148 valence electrons. The molecule has 2 atom stereocenters. The molecule has 1 N–H and O–H groups in total. The fourth-order valence-corrected chi connectivity index (χ4v) is 3.92. The Kier molecular flexibility index (Phi) is 4.60. The number of nitrogens with one attached hydrogen (secondary N) is 1. The fourth-order valence-electron chi connectivity index (χ4n) is 3.92. The van der Waals surface area contributed by atoms with Crippen molar-refractivity contribution in [1.82, 2.24) is 20.0 Å². The van der Waals surface area contributed by atoms with E-state index in [1.807, 2.05) is 6.92 Å². The van der Waals surface area contributed by atoms with E-state index in [9.17, 15) is 22.8 Å². The van der Waals surface area contributed by atoms with E-state index in [1.54, 1.807) is 15.8 Å². The summed E-state index contributed by atoms with van der Waals surface area (Å²) in [7, 11) is 0. The van der Waals surface area contributed by atoms with Gasteiger partial charge >= 0.3 is 0 Å². The molecule has 1 saturated heterocycles. The van der Waals surface area contributed by atoms with Crippen LogP contribution in [0.1, 0.15) is 36.1 Å². The first-order valence-corrected chi connectivity index (χ1v) is 9.10. The van der Waals surface area contributed by atoms with Gasteiger partial charge < -0.3 is 10.2 Å². The van der Waals surface area contributed by atoms with Crippen LogP contribution < -0.4 is 5.32 Å². The Balaban J connectivity index is 1.56. The molecule has 2 aromatic rings. The van der Waals surface area contributed by atoms with E-state index in [2.05, 4.69) is 10.4 Å². The zero-order chi connectivity index (χ0) is 20.0. The SMILES string of the molecule is C[C@H]1Cn2ncc(C3CCNC3=O)c2CN1C(=O)Cc1cc(F)c(F)c(F)c1. The van der Waals surface area contributed by atoms with Crippen LogP contribution in [0.25, 0.3) is 0 Å². The van der Waals surface area contributed by atoms with Crippen LogP contribution in [0.15, 0.2) is 18.3 Å². The van der Waals surface area contributed by atoms with Gasteiger partial charge in [0, 0.05) is 18.2 Å². The molecule has 2 amide bonds. The number of aromatic nitrogens is 2. The molecule has 9 heteroatoms. The van der Waals surface area contributed by atoms with Gasteiger partial charge in [-0.1, -0.05) is 0 Å². The van der Waals surface area contributed by atoms with Gasteiger partial charge in [-0.05, 0) is 31.0 Å². The maximum absolute atomic E-state index is 13.4. The van der Waals surface area contributed by atoms with Gasteiger partial charge in [-0.2, -0.15) is 5.10 Å². The molecule has 1 unspecified atom stereocenters. The minimum absolute atomic E-state index is 0.0513. The number of hydrogen-bond acceptors (Lipinski definition) is 3. The number of carbonyl (C=O) groups excluding carboxylic acids is 2. The minimum Gasteiger partial charge on any atom is -0.356 e. The number of carbonyl (C=O) groups is 2. The zero-order valence-corrected chi connectivity index (χ0v) is 15.2. The van der Waals surface area contributed by atoms with Gasteiger partial charge in [-0.25, -0.2) is 13.2 Å². The van der Waals surface area contributed by atoms with Gasteiger partial charge in [-0.15, -0.1) is 0 Å². The summed E-state index contributed by atoms with van der Waals surface area (Å²) in [4.78, 5) is 26.4. The third-order valence-electron chi connectivity index (χ3n) is 5.41. The van der Waals surface area contributed by atoms with Crippen molar-refractivity contribution in [3.63, 3.8) is 0 Å². The Morgan fingerprint density at radius 3 is 2.64 bits per heavy atom. The molecule has 2 aliphatic rings. The first-order valence-electron chi connectivity index (χ1n) is 9.10. The van der Waals surface area contributed by atoms with E-state index in [-0.39, 0.29) is 42.3 Å². The van der Waals surface area contributed by atoms with Gasteiger partial charge in [0.2, 0.25) is 11.8 Å². The van der Waals surface area contributed by atoms with Gasteiger partial charge in [0.15, 0.2) is 17.5 Å². The summed E-state index contributed by atoms with van der Waals surface area (Å²) in [6, 6.07) is 1.49. The maximum atomic E-state index is 13.4. The number of nitrogens with zero attached hydrogens (tertiary/aromatic N) is 3. The average Bonchev–Trinajstić information content (AvgIpc) is 3.24. The van der Waals surface area contributed by atoms with E-state index in [0.29, 0.717) is 19.5 Å². The van der Waals surface area contributed by atoms with Crippen molar-refractivity contribution >= 4 is 11.8 Å². The summed E-state index contributed by atoms with van der Waals surface area (Å²) in [5.74, 6) is -4.85. The highest BCUT2D eigenvalue weighted by molar-refractivity contribution is 5.86. The van der Waals surface area contributed by atoms with Crippen molar-refractivity contribution in [2.75, 3.05) is 6.54 Å². The molecule has 4 rings (SSSR count). The number of benzene rings is 1. The lowest BCUT2D eigenvalue weighted by atomic mass is 9.96. The van der Waals surface area contributed by atoms with Crippen LogP contribution in [0.3, 0.4) is 0 Å². The summed E-state index contributed by atoms with van der Waals surface area (Å²) in [5.41, 5.74) is 1.67. The molecule has 0 radical (unpaired) electrons. The lowest BCUT2D eigenvalue weighted by Crippen LogP contribution is -2.46. The van der Waals surface area contributed by atoms with Crippen LogP contribution in [-0.2, 0) is 29.1 Å². The largest absolute Gasteiger partial charge is 0.356 e. The Bertz CT molecular complexity index is 936. The summed E-state index contributed by atoms with van der Waals surface area (Å²) in [5, 5.41) is 7.15. The van der Waals surface area contributed by atoms with E-state index >= 15 is 0 Å². The molecule has 1 aromatic carbocycles. The van der Waals surface area contributed by atoms with Crippen molar-refractivity contribution in [3.05, 3.63) is 52.6 Å². The predicted molar refractivity (Wildman–Crippen MR) is 92.6 cm³/mol. The van der Waals surface area contributed by atoms with E-state index < -0.39 is 17.5 Å². The molecule has 0 spiro atoms. The highest BCUT2D eigenvalue weighted by atomic mass is 19.2. The number of hydrogen-bond donors (Lipinski definition) is 1. The van der Waals surface area contributed by atoms with Gasteiger partial charge in [0.05, 0.1) is 37.3 Å². The molecular weight excluding hydrogens is 373 g/mol. The standard InChI is InChI=1S/C19H19F3N4O2/c1-10-8-26-16(13(7-24-26)12-2-3-23-19(12)28)9-25(10)17(27)6-11-4-14(20)18(22)15(21)5-11/h4-5,7,10,12H,2-3,6,8-9H2,1H3,(H,23,28)/t10-,12?/m0/s1. The first-order chi connectivity index (χ1) is 13.3. The van der Waals surface area contributed by atoms with Crippen LogP contribution in [-0.4, -0.2) is 39.1 Å². The molecule has 0 aliphatic carbocycles. The fraction of sp³-hybridized carbons (Fsp3) is 0.421. The minimum atomic E-state index is -1.55. The monoisotopic (exact) mass is 392 g/mol. The Labute approximate surface area is 159 Å². The number of halogens is 3. The van der Waals surface area contributed by atoms with Crippen molar-refractivity contribution in [2.45, 2.75) is 44.8 Å². The Hall–Kier alpha value is -2.84. The smallest absolute Gasteiger partial charge is 0.227 e. The van der Waals surface area contributed by atoms with Crippen LogP contribution >= 0.6 is 0 Å². The topological polar surface area (TPSA) is 67.2 Å². The Morgan fingerprint density at radius 1 is 1.29 bits per heavy atom. The van der Waals surface area contributed by atoms with E-state index in [0.717, 1.165) is 23.4 Å². The third kappa shape index (κ3) is 3.14. The second-order valence-electron chi connectivity index (χ2n) is 7.28. The van der Waals surface area contributed by atoms with Crippen LogP contribution in [0, 0.1) is 17.5 Å². The van der Waals surface area contributed by atoms with Gasteiger partial charge in [0.25, 0.3) is 0 Å². The lowest BCUT2D eigenvalue weighted by molar-refractivity contribution is -0.134. The first kappa shape index (κ1) is 18.5. The van der Waals surface area contributed by atoms with Crippen LogP contribution in [0.4, 0.5) is 13.2 Å². The van der Waals surface area contributed by atoms with E-state index in [1.165, 1.54) is 0 Å². The Morgan fingerprint density at radius 2 is 2.00 bits per heavy atom. The van der Waals surface area contributed by atoms with Gasteiger partial charge in [-0.3, -0.25) is 14.3 Å². The lowest BCUT2D eigenvalue weighted by Gasteiger charge is -2.35. The number of amides is 2. The molecule has 0 bridgehead atoms. The quantitative estimate of drug-likeness (QED) is 0.811. The summed E-state index contributed by atoms with van der Waals surface area (Å²) < 4.78 is 41.8. The zero-order valence-electron chi connectivity index (χ0n) is 15.2. The van der Waals surface area contributed by atoms with Gasteiger partial charge in [0.1, 0.15) is 0 Å². The molecule has 28 heavy (non-hydrogen) atoms. The number of rotatable bonds is 3. The summed E-state index contributed by atoms with van der Waals surface area (Å²) in [6.07, 6.45) is 2.11. The van der Waals surface area contributed by atoms with Crippen LogP contribution in [0.5, 0.6) is 0 Å². The highest BCUT2D eigenvalue weighted by Crippen LogP contribution is 2.30. The van der Waals surface area contributed by atoms with E-state index in [4.69, 9.17) is 0 Å². The molecule has 1 aromatic heterocycles. The van der Waals surface area contributed by atoms with Crippen molar-refractivity contribution in [1.29, 1.82) is 0 Å². The average molecular weight is 392 g/mol. The molecule has 2 aliphatic heterocycles. The van der Waals surface area contributed by atoms with Crippen LogP contribution in [0.2, 0.25) is 0 Å². The molecular formula is C19H19F3N4O2. The molecule has 6 nitrogen and oxygen atoms in total. The van der Waals surface area contributed by atoms with Crippen molar-refractivity contribution in [3.8, 4) is 0 Å². The second-order valence-corrected chi connectivity index (χ2v) is 7.28. The summed E-state index contributed by atoms with van der Waals surface area (Å²) in [6.45, 7) is 3.18. The maximum Gasteiger partial charge on any atom is 0.227 e. The van der Waals surface area contributed by atoms with Crippen molar-refractivity contribution in [2.24, 2.45) is 0 Å². The molecule has 1 fully saturated rings. The third-order valence-corrected chi connectivity index (χ3v) is 5.41. The highest BCUT2D eigenvalue weighted by Gasteiger charge is 2.35. The summed E-state index contributed by atoms with van der Waals surface area (Å²) >= 11 is 0. The molecule has 0 saturated carbocycles. The normalized spacial score (nSPS) is 21.6. The van der Waals surface area contributed by atoms with Crippen molar-refractivity contribution < 1.29 is 22.8 Å². The number of fused-ring (bicyclic) bond motifs is 1. The predicted octanol–water partition coefficient (Wildman–Crippen LogP) is 1.88.